The molecule has 0 aliphatic heterocycles. The van der Waals surface area contributed by atoms with Crippen molar-refractivity contribution in [2.75, 3.05) is 6.61 Å². The van der Waals surface area contributed by atoms with Crippen LogP contribution in [0.1, 0.15) is 49.3 Å². The number of nitrogens with one attached hydrogen (secondary N) is 1. The smallest absolute Gasteiger partial charge is 0.261 e. The molecule has 0 radical (unpaired) electrons. The zero-order valence-electron chi connectivity index (χ0n) is 18.5. The van der Waals surface area contributed by atoms with Crippen LogP contribution in [0.25, 0.3) is 0 Å². The minimum Gasteiger partial charge on any atom is -0.484 e. The summed E-state index contributed by atoms with van der Waals surface area (Å²) in [7, 11) is 0. The van der Waals surface area contributed by atoms with E-state index >= 15 is 0 Å². The summed E-state index contributed by atoms with van der Waals surface area (Å²) in [6.07, 6.45) is 4.28. The molecule has 0 aromatic heterocycles. The van der Waals surface area contributed by atoms with Crippen LogP contribution in [-0.2, 0) is 16.1 Å². The quantitative estimate of drug-likeness (QED) is 0.638. The van der Waals surface area contributed by atoms with E-state index in [1.54, 1.807) is 30.0 Å². The summed E-state index contributed by atoms with van der Waals surface area (Å²) in [6, 6.07) is 12.9. The summed E-state index contributed by atoms with van der Waals surface area (Å²) in [6.45, 7) is 5.89. The molecule has 3 rings (SSSR count). The van der Waals surface area contributed by atoms with Crippen LogP contribution in [0.15, 0.2) is 42.5 Å². The maximum atomic E-state index is 13.1. The third-order valence-corrected chi connectivity index (χ3v) is 6.26. The third kappa shape index (κ3) is 6.47. The van der Waals surface area contributed by atoms with Gasteiger partial charge in [-0.15, -0.1) is 0 Å². The normalized spacial score (nSPS) is 14.8. The molecule has 1 aliphatic rings. The third-order valence-electron chi connectivity index (χ3n) is 5.83. The highest BCUT2D eigenvalue weighted by Gasteiger charge is 2.28. The second kappa shape index (κ2) is 10.7. The predicted molar refractivity (Wildman–Crippen MR) is 123 cm³/mol. The number of ether oxygens (including phenoxy) is 1. The first-order chi connectivity index (χ1) is 14.8. The summed E-state index contributed by atoms with van der Waals surface area (Å²) < 4.78 is 5.72. The second-order valence-electron chi connectivity index (χ2n) is 8.37. The van der Waals surface area contributed by atoms with E-state index in [1.165, 1.54) is 0 Å². The van der Waals surface area contributed by atoms with Crippen molar-refractivity contribution in [3.63, 3.8) is 0 Å². The average Bonchev–Trinajstić information content (AvgIpc) is 3.26. The molecular formula is C25H31ClN2O3. The first-order valence-corrected chi connectivity index (χ1v) is 11.3. The van der Waals surface area contributed by atoms with Gasteiger partial charge >= 0.3 is 0 Å². The molecule has 0 bridgehead atoms. The van der Waals surface area contributed by atoms with Gasteiger partial charge in [0.05, 0.1) is 0 Å². The fraction of sp³-hybridized carbons (Fsp3) is 0.440. The molecule has 5 nitrogen and oxygen atoms in total. The Morgan fingerprint density at radius 1 is 1.13 bits per heavy atom. The largest absolute Gasteiger partial charge is 0.484 e. The lowest BCUT2D eigenvalue weighted by Crippen LogP contribution is -2.50. The zero-order chi connectivity index (χ0) is 22.4. The van der Waals surface area contributed by atoms with Crippen molar-refractivity contribution in [1.82, 2.24) is 10.2 Å². The van der Waals surface area contributed by atoms with Gasteiger partial charge in [0.2, 0.25) is 5.91 Å². The standard InChI is InChI=1S/C25H31ClN2O3/c1-17-8-10-20(11-9-17)15-28(19(3)25(30)27-21-6-4-5-7-21)24(29)16-31-22-12-13-23(26)18(2)14-22/h8-14,19,21H,4-7,15-16H2,1-3H3,(H,27,30)/t19-/m1/s1. The molecule has 166 valence electrons. The molecule has 1 atom stereocenters. The summed E-state index contributed by atoms with van der Waals surface area (Å²) in [5, 5.41) is 3.76. The number of carbonyl (C=O) groups excluding carboxylic acids is 2. The predicted octanol–water partition coefficient (Wildman–Crippen LogP) is 4.81. The summed E-state index contributed by atoms with van der Waals surface area (Å²) in [4.78, 5) is 27.6. The van der Waals surface area contributed by atoms with Crippen molar-refractivity contribution in [3.8, 4) is 5.75 Å². The Morgan fingerprint density at radius 3 is 2.45 bits per heavy atom. The molecule has 0 unspecified atom stereocenters. The van der Waals surface area contributed by atoms with Crippen molar-refractivity contribution in [2.45, 2.75) is 65.1 Å². The highest BCUT2D eigenvalue weighted by molar-refractivity contribution is 6.31. The Balaban J connectivity index is 1.71. The summed E-state index contributed by atoms with van der Waals surface area (Å²) >= 11 is 6.07. The summed E-state index contributed by atoms with van der Waals surface area (Å²) in [5.41, 5.74) is 3.00. The van der Waals surface area contributed by atoms with E-state index in [0.717, 1.165) is 42.4 Å². The van der Waals surface area contributed by atoms with Gasteiger partial charge in [-0.25, -0.2) is 0 Å². The number of nitrogens with zero attached hydrogens (tertiary/aromatic N) is 1. The molecule has 1 fully saturated rings. The van der Waals surface area contributed by atoms with Crippen LogP contribution in [0.3, 0.4) is 0 Å². The van der Waals surface area contributed by atoms with Gasteiger partial charge in [-0.05, 0) is 62.9 Å². The van der Waals surface area contributed by atoms with Gasteiger partial charge in [0, 0.05) is 17.6 Å². The molecule has 0 heterocycles. The fourth-order valence-corrected chi connectivity index (χ4v) is 3.92. The minimum absolute atomic E-state index is 0.116. The maximum Gasteiger partial charge on any atom is 0.261 e. The van der Waals surface area contributed by atoms with Crippen LogP contribution in [0.4, 0.5) is 0 Å². The number of amides is 2. The van der Waals surface area contributed by atoms with Crippen LogP contribution in [-0.4, -0.2) is 35.4 Å². The van der Waals surface area contributed by atoms with Gasteiger partial charge < -0.3 is 15.0 Å². The molecule has 1 aliphatic carbocycles. The van der Waals surface area contributed by atoms with Crippen LogP contribution in [0.5, 0.6) is 5.75 Å². The van der Waals surface area contributed by atoms with Crippen molar-refractivity contribution < 1.29 is 14.3 Å². The Hall–Kier alpha value is -2.53. The van der Waals surface area contributed by atoms with Crippen molar-refractivity contribution in [3.05, 3.63) is 64.2 Å². The molecule has 1 saturated carbocycles. The van der Waals surface area contributed by atoms with Crippen molar-refractivity contribution >= 4 is 23.4 Å². The molecular weight excluding hydrogens is 412 g/mol. The van der Waals surface area contributed by atoms with Gasteiger partial charge in [0.25, 0.3) is 5.91 Å². The second-order valence-corrected chi connectivity index (χ2v) is 8.78. The molecule has 1 N–H and O–H groups in total. The number of hydrogen-bond donors (Lipinski definition) is 1. The Labute approximate surface area is 189 Å². The van der Waals surface area contributed by atoms with E-state index in [1.807, 2.05) is 38.1 Å². The number of hydrogen-bond acceptors (Lipinski definition) is 3. The van der Waals surface area contributed by atoms with E-state index in [0.29, 0.717) is 17.3 Å². The highest BCUT2D eigenvalue weighted by atomic mass is 35.5. The zero-order valence-corrected chi connectivity index (χ0v) is 19.2. The van der Waals surface area contributed by atoms with E-state index < -0.39 is 6.04 Å². The van der Waals surface area contributed by atoms with E-state index in [2.05, 4.69) is 5.32 Å². The monoisotopic (exact) mass is 442 g/mol. The van der Waals surface area contributed by atoms with Crippen LogP contribution < -0.4 is 10.1 Å². The molecule has 0 saturated heterocycles. The van der Waals surface area contributed by atoms with Crippen LogP contribution in [0.2, 0.25) is 5.02 Å². The molecule has 2 amide bonds. The Morgan fingerprint density at radius 2 is 1.81 bits per heavy atom. The minimum atomic E-state index is -0.593. The van der Waals surface area contributed by atoms with Crippen molar-refractivity contribution in [1.29, 1.82) is 0 Å². The Bertz CT molecular complexity index is 907. The Kier molecular flexibility index (Phi) is 7.97. The highest BCUT2D eigenvalue weighted by Crippen LogP contribution is 2.22. The SMILES string of the molecule is Cc1ccc(CN(C(=O)COc2ccc(Cl)c(C)c2)[C@H](C)C(=O)NC2CCCC2)cc1. The van der Waals surface area contributed by atoms with E-state index in [4.69, 9.17) is 16.3 Å². The lowest BCUT2D eigenvalue weighted by Gasteiger charge is -2.29. The van der Waals surface area contributed by atoms with Gasteiger partial charge in [0.1, 0.15) is 11.8 Å². The average molecular weight is 443 g/mol. The lowest BCUT2D eigenvalue weighted by molar-refractivity contribution is -0.142. The topological polar surface area (TPSA) is 58.6 Å². The molecule has 0 spiro atoms. The van der Waals surface area contributed by atoms with Crippen LogP contribution in [0, 0.1) is 13.8 Å². The first-order valence-electron chi connectivity index (χ1n) is 10.9. The van der Waals surface area contributed by atoms with Gasteiger partial charge in [-0.1, -0.05) is 54.3 Å². The first kappa shape index (κ1) is 23.1. The number of aryl methyl sites for hydroxylation is 2. The van der Waals surface area contributed by atoms with Gasteiger partial charge in [-0.2, -0.15) is 0 Å². The number of carbonyl (C=O) groups is 2. The number of halogens is 1. The van der Waals surface area contributed by atoms with Crippen LogP contribution >= 0.6 is 11.6 Å². The molecule has 2 aromatic rings. The molecule has 6 heteroatoms. The van der Waals surface area contributed by atoms with Gasteiger partial charge in [-0.3, -0.25) is 9.59 Å². The van der Waals surface area contributed by atoms with E-state index in [9.17, 15) is 9.59 Å². The number of benzene rings is 2. The number of rotatable bonds is 8. The maximum absolute atomic E-state index is 13.1. The van der Waals surface area contributed by atoms with E-state index in [-0.39, 0.29) is 24.5 Å². The lowest BCUT2D eigenvalue weighted by atomic mass is 10.1. The summed E-state index contributed by atoms with van der Waals surface area (Å²) in [5.74, 6) is 0.227. The van der Waals surface area contributed by atoms with Crippen molar-refractivity contribution in [2.24, 2.45) is 0 Å². The van der Waals surface area contributed by atoms with Gasteiger partial charge in [0.15, 0.2) is 6.61 Å². The fourth-order valence-electron chi connectivity index (χ4n) is 3.80. The molecule has 31 heavy (non-hydrogen) atoms. The molecule has 2 aromatic carbocycles.